The number of carboxylic acids is 1. The highest BCUT2D eigenvalue weighted by Crippen LogP contribution is 2.26. The van der Waals surface area contributed by atoms with Gasteiger partial charge in [-0.15, -0.1) is 0 Å². The van der Waals surface area contributed by atoms with Gasteiger partial charge in [-0.1, -0.05) is 11.6 Å². The standard InChI is InChI=1S/C11H13ClFNO5S/c1-6(15)5-14(2)20(18,19)9-4-7(12)3-8(10(9)13)11(16)17/h3-4,6,15H,5H2,1-2H3,(H,16,17). The number of hydrogen-bond acceptors (Lipinski definition) is 4. The highest BCUT2D eigenvalue weighted by atomic mass is 35.5. The topological polar surface area (TPSA) is 94.9 Å². The molecule has 6 nitrogen and oxygen atoms in total. The average molecular weight is 326 g/mol. The van der Waals surface area contributed by atoms with E-state index in [0.29, 0.717) is 0 Å². The van der Waals surface area contributed by atoms with Crippen LogP contribution < -0.4 is 0 Å². The highest BCUT2D eigenvalue weighted by Gasteiger charge is 2.29. The molecule has 1 unspecified atom stereocenters. The first kappa shape index (κ1) is 16.8. The van der Waals surface area contributed by atoms with Crippen LogP contribution in [0, 0.1) is 5.82 Å². The molecule has 0 aromatic heterocycles. The van der Waals surface area contributed by atoms with E-state index in [2.05, 4.69) is 0 Å². The number of rotatable bonds is 5. The normalized spacial score (nSPS) is 13.5. The van der Waals surface area contributed by atoms with Gasteiger partial charge in [-0.2, -0.15) is 4.31 Å². The van der Waals surface area contributed by atoms with Crippen molar-refractivity contribution in [3.63, 3.8) is 0 Å². The Morgan fingerprint density at radius 3 is 2.50 bits per heavy atom. The number of carbonyl (C=O) groups is 1. The lowest BCUT2D eigenvalue weighted by atomic mass is 10.2. The molecule has 112 valence electrons. The second-order valence-corrected chi connectivity index (χ2v) is 6.65. The van der Waals surface area contributed by atoms with Crippen LogP contribution in [0.1, 0.15) is 17.3 Å². The highest BCUT2D eigenvalue weighted by molar-refractivity contribution is 7.89. The van der Waals surface area contributed by atoms with Crippen LogP contribution in [0.15, 0.2) is 17.0 Å². The number of sulfonamides is 1. The number of benzene rings is 1. The van der Waals surface area contributed by atoms with Gasteiger partial charge in [0, 0.05) is 18.6 Å². The van der Waals surface area contributed by atoms with Gasteiger partial charge in [-0.3, -0.25) is 0 Å². The number of nitrogens with zero attached hydrogens (tertiary/aromatic N) is 1. The van der Waals surface area contributed by atoms with Crippen LogP contribution in [-0.2, 0) is 10.0 Å². The van der Waals surface area contributed by atoms with Crippen molar-refractivity contribution in [2.45, 2.75) is 17.9 Å². The molecule has 0 heterocycles. The van der Waals surface area contributed by atoms with Crippen LogP contribution >= 0.6 is 11.6 Å². The van der Waals surface area contributed by atoms with Gasteiger partial charge in [-0.05, 0) is 19.1 Å². The molecule has 0 fully saturated rings. The third-order valence-electron chi connectivity index (χ3n) is 2.44. The minimum atomic E-state index is -4.29. The summed E-state index contributed by atoms with van der Waals surface area (Å²) in [7, 11) is -3.15. The van der Waals surface area contributed by atoms with Gasteiger partial charge in [-0.25, -0.2) is 17.6 Å². The fraction of sp³-hybridized carbons (Fsp3) is 0.364. The molecule has 0 aliphatic rings. The Morgan fingerprint density at radius 2 is 2.05 bits per heavy atom. The maximum atomic E-state index is 14.0. The van der Waals surface area contributed by atoms with Crippen LogP contribution in [-0.4, -0.2) is 48.6 Å². The Hall–Kier alpha value is -1.22. The van der Waals surface area contributed by atoms with Crippen LogP contribution in [0.25, 0.3) is 0 Å². The first-order valence-electron chi connectivity index (χ1n) is 5.44. The zero-order chi connectivity index (χ0) is 15.7. The van der Waals surface area contributed by atoms with Crippen molar-refractivity contribution >= 4 is 27.6 Å². The minimum Gasteiger partial charge on any atom is -0.478 e. The molecule has 0 spiro atoms. The summed E-state index contributed by atoms with van der Waals surface area (Å²) in [6.45, 7) is 1.10. The van der Waals surface area contributed by atoms with Crippen molar-refractivity contribution in [3.05, 3.63) is 28.5 Å². The number of hydrogen-bond donors (Lipinski definition) is 2. The molecule has 2 N–H and O–H groups in total. The average Bonchev–Trinajstić information content (AvgIpc) is 2.30. The summed E-state index contributed by atoms with van der Waals surface area (Å²) in [6.07, 6.45) is -0.962. The molecule has 1 atom stereocenters. The second kappa shape index (κ2) is 6.04. The molecule has 1 rings (SSSR count). The van der Waals surface area contributed by atoms with Crippen LogP contribution in [0.4, 0.5) is 4.39 Å². The predicted molar refractivity (Wildman–Crippen MR) is 69.9 cm³/mol. The van der Waals surface area contributed by atoms with E-state index in [0.717, 1.165) is 23.5 Å². The molecule has 1 aromatic carbocycles. The quantitative estimate of drug-likeness (QED) is 0.847. The SMILES string of the molecule is CC(O)CN(C)S(=O)(=O)c1cc(Cl)cc(C(=O)O)c1F. The molecule has 0 bridgehead atoms. The number of aliphatic hydroxyl groups is 1. The van der Waals surface area contributed by atoms with Gasteiger partial charge in [0.15, 0.2) is 5.82 Å². The van der Waals surface area contributed by atoms with E-state index in [1.807, 2.05) is 0 Å². The van der Waals surface area contributed by atoms with Gasteiger partial charge in [0.1, 0.15) is 4.90 Å². The molecule has 0 amide bonds. The molecule has 20 heavy (non-hydrogen) atoms. The van der Waals surface area contributed by atoms with Crippen molar-refractivity contribution in [1.82, 2.24) is 4.31 Å². The summed E-state index contributed by atoms with van der Waals surface area (Å²) in [5, 5.41) is 17.8. The summed E-state index contributed by atoms with van der Waals surface area (Å²) < 4.78 is 39.0. The summed E-state index contributed by atoms with van der Waals surface area (Å²) >= 11 is 5.62. The first-order chi connectivity index (χ1) is 9.07. The van der Waals surface area contributed by atoms with Crippen LogP contribution in [0.3, 0.4) is 0 Å². The third-order valence-corrected chi connectivity index (χ3v) is 4.48. The Kier molecular flexibility index (Phi) is 5.09. The van der Waals surface area contributed by atoms with Crippen molar-refractivity contribution in [1.29, 1.82) is 0 Å². The second-order valence-electron chi connectivity index (χ2n) is 4.21. The molecule has 9 heteroatoms. The lowest BCUT2D eigenvalue weighted by molar-refractivity contribution is 0.0691. The zero-order valence-corrected chi connectivity index (χ0v) is 12.2. The smallest absolute Gasteiger partial charge is 0.338 e. The Morgan fingerprint density at radius 1 is 1.50 bits per heavy atom. The van der Waals surface area contributed by atoms with Gasteiger partial charge in [0.25, 0.3) is 0 Å². The van der Waals surface area contributed by atoms with E-state index in [4.69, 9.17) is 16.7 Å². The predicted octanol–water partition coefficient (Wildman–Crippen LogP) is 1.18. The molecular formula is C11H13ClFNO5S. The Bertz CT molecular complexity index is 632. The number of likely N-dealkylation sites (N-methyl/N-ethyl adjacent to an activating group) is 1. The molecule has 0 saturated heterocycles. The van der Waals surface area contributed by atoms with Gasteiger partial charge < -0.3 is 10.2 Å². The molecular weight excluding hydrogens is 313 g/mol. The van der Waals surface area contributed by atoms with Gasteiger partial charge >= 0.3 is 5.97 Å². The van der Waals surface area contributed by atoms with Crippen molar-refractivity contribution in [3.8, 4) is 0 Å². The summed E-state index contributed by atoms with van der Waals surface area (Å²) in [6, 6.07) is 1.66. The van der Waals surface area contributed by atoms with Gasteiger partial charge in [0.05, 0.1) is 11.7 Å². The fourth-order valence-electron chi connectivity index (χ4n) is 1.55. The largest absolute Gasteiger partial charge is 0.478 e. The zero-order valence-electron chi connectivity index (χ0n) is 10.7. The summed E-state index contributed by atoms with van der Waals surface area (Å²) in [5.74, 6) is -3.01. The van der Waals surface area contributed by atoms with E-state index in [-0.39, 0.29) is 11.6 Å². The van der Waals surface area contributed by atoms with Crippen molar-refractivity contribution < 1.29 is 27.8 Å². The molecule has 0 radical (unpaired) electrons. The van der Waals surface area contributed by atoms with Crippen molar-refractivity contribution in [2.75, 3.05) is 13.6 Å². The minimum absolute atomic E-state index is 0.215. The van der Waals surface area contributed by atoms with E-state index in [9.17, 15) is 22.7 Å². The fourth-order valence-corrected chi connectivity index (χ4v) is 3.19. The number of carboxylic acid groups (broad SMARTS) is 1. The lowest BCUT2D eigenvalue weighted by Crippen LogP contribution is -2.33. The van der Waals surface area contributed by atoms with Crippen molar-refractivity contribution in [2.24, 2.45) is 0 Å². The number of aromatic carboxylic acids is 1. The maximum Gasteiger partial charge on any atom is 0.338 e. The monoisotopic (exact) mass is 325 g/mol. The summed E-state index contributed by atoms with van der Waals surface area (Å²) in [5.41, 5.74) is -0.832. The van der Waals surface area contributed by atoms with E-state index < -0.39 is 38.4 Å². The lowest BCUT2D eigenvalue weighted by Gasteiger charge is -2.19. The number of aliphatic hydroxyl groups excluding tert-OH is 1. The Labute approximate surface area is 120 Å². The Balaban J connectivity index is 3.43. The van der Waals surface area contributed by atoms with Gasteiger partial charge in [0.2, 0.25) is 10.0 Å². The molecule has 1 aromatic rings. The van der Waals surface area contributed by atoms with E-state index in [1.54, 1.807) is 0 Å². The first-order valence-corrected chi connectivity index (χ1v) is 7.26. The molecule has 0 aliphatic heterocycles. The number of halogens is 2. The van der Waals surface area contributed by atoms with E-state index in [1.165, 1.54) is 6.92 Å². The molecule has 0 saturated carbocycles. The van der Waals surface area contributed by atoms with Crippen LogP contribution in [0.5, 0.6) is 0 Å². The maximum absolute atomic E-state index is 14.0. The third kappa shape index (κ3) is 3.45. The van der Waals surface area contributed by atoms with E-state index >= 15 is 0 Å². The van der Waals surface area contributed by atoms with Crippen LogP contribution in [0.2, 0.25) is 5.02 Å². The summed E-state index contributed by atoms with van der Waals surface area (Å²) in [4.78, 5) is 10.0. The molecule has 0 aliphatic carbocycles.